The van der Waals surface area contributed by atoms with E-state index in [-0.39, 0.29) is 18.4 Å². The van der Waals surface area contributed by atoms with Gasteiger partial charge in [0, 0.05) is 0 Å². The fourth-order valence-corrected chi connectivity index (χ4v) is 3.14. The van der Waals surface area contributed by atoms with Gasteiger partial charge in [0.1, 0.15) is 0 Å². The van der Waals surface area contributed by atoms with E-state index in [2.05, 4.69) is 0 Å². The zero-order valence-corrected chi connectivity index (χ0v) is 14.7. The number of halogens is 3. The summed E-state index contributed by atoms with van der Waals surface area (Å²) in [5.74, 6) is 1.56. The van der Waals surface area contributed by atoms with E-state index in [9.17, 15) is 13.2 Å². The molecule has 128 valence electrons. The molecular formula is C16H25F3O2S. The molecule has 1 heterocycles. The van der Waals surface area contributed by atoms with Crippen LogP contribution >= 0.6 is 11.3 Å². The van der Waals surface area contributed by atoms with Crippen molar-refractivity contribution in [3.8, 4) is 11.5 Å². The van der Waals surface area contributed by atoms with Crippen LogP contribution in [0.5, 0.6) is 11.5 Å². The average molecular weight is 338 g/mol. The number of hydrogen-bond donors (Lipinski definition) is 0. The van der Waals surface area contributed by atoms with Gasteiger partial charge in [-0.15, -0.1) is 11.3 Å². The highest BCUT2D eigenvalue weighted by Crippen LogP contribution is 2.48. The van der Waals surface area contributed by atoms with Gasteiger partial charge in [0.25, 0.3) is 0 Å². The van der Waals surface area contributed by atoms with Crippen LogP contribution in [0.4, 0.5) is 13.2 Å². The highest BCUT2D eigenvalue weighted by molar-refractivity contribution is 7.13. The van der Waals surface area contributed by atoms with E-state index in [1.54, 1.807) is 11.3 Å². The molecule has 0 aliphatic carbocycles. The molecule has 0 amide bonds. The van der Waals surface area contributed by atoms with Crippen molar-refractivity contribution in [1.82, 2.24) is 0 Å². The lowest BCUT2D eigenvalue weighted by Gasteiger charge is -2.14. The van der Waals surface area contributed by atoms with Crippen molar-refractivity contribution in [2.75, 3.05) is 13.2 Å². The number of ether oxygens (including phenoxy) is 2. The first-order valence-corrected chi connectivity index (χ1v) is 8.47. The minimum atomic E-state index is -4.21. The SMILES string of the molecule is CCCOc1c(C(C)C)sc(C(C)C)c1OCCC(F)(F)F. The molecule has 1 rings (SSSR count). The minimum Gasteiger partial charge on any atom is -0.489 e. The van der Waals surface area contributed by atoms with Crippen molar-refractivity contribution >= 4 is 11.3 Å². The fourth-order valence-electron chi connectivity index (χ4n) is 1.94. The minimum absolute atomic E-state index is 0.183. The summed E-state index contributed by atoms with van der Waals surface area (Å²) in [4.78, 5) is 2.00. The Kier molecular flexibility index (Phi) is 7.03. The van der Waals surface area contributed by atoms with Crippen molar-refractivity contribution in [2.45, 2.75) is 65.5 Å². The van der Waals surface area contributed by atoms with Crippen LogP contribution in [0, 0.1) is 0 Å². The maximum absolute atomic E-state index is 12.3. The van der Waals surface area contributed by atoms with Crippen molar-refractivity contribution in [3.63, 3.8) is 0 Å². The Hall–Kier alpha value is -0.910. The Morgan fingerprint density at radius 2 is 1.36 bits per heavy atom. The van der Waals surface area contributed by atoms with E-state index in [0.717, 1.165) is 16.2 Å². The number of thiophene rings is 1. The first-order valence-electron chi connectivity index (χ1n) is 7.66. The van der Waals surface area contributed by atoms with Crippen molar-refractivity contribution < 1.29 is 22.6 Å². The molecule has 0 spiro atoms. The van der Waals surface area contributed by atoms with Gasteiger partial charge in [-0.3, -0.25) is 0 Å². The van der Waals surface area contributed by atoms with Crippen LogP contribution in [0.3, 0.4) is 0 Å². The van der Waals surface area contributed by atoms with Gasteiger partial charge < -0.3 is 9.47 Å². The van der Waals surface area contributed by atoms with Gasteiger partial charge in [-0.1, -0.05) is 34.6 Å². The molecule has 0 saturated carbocycles. The predicted molar refractivity (Wildman–Crippen MR) is 84.5 cm³/mol. The molecule has 0 unspecified atom stereocenters. The van der Waals surface area contributed by atoms with Gasteiger partial charge in [-0.05, 0) is 18.3 Å². The Balaban J connectivity index is 3.07. The van der Waals surface area contributed by atoms with E-state index in [4.69, 9.17) is 9.47 Å². The fraction of sp³-hybridized carbons (Fsp3) is 0.750. The summed E-state index contributed by atoms with van der Waals surface area (Å²) in [6, 6.07) is 0. The molecular weight excluding hydrogens is 313 g/mol. The molecule has 0 N–H and O–H groups in total. The third-order valence-electron chi connectivity index (χ3n) is 3.00. The van der Waals surface area contributed by atoms with Crippen LogP contribution in [0.2, 0.25) is 0 Å². The second-order valence-corrected chi connectivity index (χ2v) is 6.94. The van der Waals surface area contributed by atoms with Gasteiger partial charge in [0.2, 0.25) is 0 Å². The zero-order valence-electron chi connectivity index (χ0n) is 13.8. The summed E-state index contributed by atoms with van der Waals surface area (Å²) in [6.07, 6.45) is -4.32. The lowest BCUT2D eigenvalue weighted by molar-refractivity contribution is -0.139. The normalized spacial score (nSPS) is 12.3. The van der Waals surface area contributed by atoms with Crippen LogP contribution in [0.15, 0.2) is 0 Å². The van der Waals surface area contributed by atoms with Crippen molar-refractivity contribution in [2.24, 2.45) is 0 Å². The Labute approximate surface area is 134 Å². The number of alkyl halides is 3. The molecule has 0 atom stereocenters. The largest absolute Gasteiger partial charge is 0.489 e. The van der Waals surface area contributed by atoms with Crippen molar-refractivity contribution in [3.05, 3.63) is 9.75 Å². The highest BCUT2D eigenvalue weighted by Gasteiger charge is 2.29. The molecule has 0 fully saturated rings. The molecule has 0 aliphatic rings. The summed E-state index contributed by atoms with van der Waals surface area (Å²) < 4.78 is 48.3. The summed E-state index contributed by atoms with van der Waals surface area (Å²) in [5.41, 5.74) is 0. The zero-order chi connectivity index (χ0) is 16.9. The van der Waals surface area contributed by atoms with E-state index in [1.165, 1.54) is 0 Å². The van der Waals surface area contributed by atoms with Crippen LogP contribution in [-0.4, -0.2) is 19.4 Å². The molecule has 22 heavy (non-hydrogen) atoms. The lowest BCUT2D eigenvalue weighted by atomic mass is 10.1. The Morgan fingerprint density at radius 1 is 0.909 bits per heavy atom. The summed E-state index contributed by atoms with van der Waals surface area (Å²) in [6.45, 7) is 10.3. The Morgan fingerprint density at radius 3 is 1.73 bits per heavy atom. The number of hydrogen-bond acceptors (Lipinski definition) is 3. The predicted octanol–water partition coefficient (Wildman–Crippen LogP) is 6.11. The third-order valence-corrected chi connectivity index (χ3v) is 4.76. The molecule has 0 aliphatic heterocycles. The molecule has 0 saturated heterocycles. The lowest BCUT2D eigenvalue weighted by Crippen LogP contribution is -2.13. The third kappa shape index (κ3) is 5.38. The molecule has 0 bridgehead atoms. The summed E-state index contributed by atoms with van der Waals surface area (Å²) in [5, 5.41) is 0. The van der Waals surface area contributed by atoms with E-state index in [0.29, 0.717) is 18.1 Å². The second-order valence-electron chi connectivity index (χ2n) is 5.86. The van der Waals surface area contributed by atoms with E-state index < -0.39 is 12.6 Å². The van der Waals surface area contributed by atoms with Crippen LogP contribution in [-0.2, 0) is 0 Å². The summed E-state index contributed by atoms with van der Waals surface area (Å²) >= 11 is 1.58. The monoisotopic (exact) mass is 338 g/mol. The van der Waals surface area contributed by atoms with E-state index >= 15 is 0 Å². The molecule has 1 aromatic rings. The maximum Gasteiger partial charge on any atom is 0.392 e. The molecule has 0 aromatic carbocycles. The van der Waals surface area contributed by atoms with Crippen LogP contribution in [0.25, 0.3) is 0 Å². The van der Waals surface area contributed by atoms with E-state index in [1.807, 2.05) is 34.6 Å². The smallest absolute Gasteiger partial charge is 0.392 e. The summed E-state index contributed by atoms with van der Waals surface area (Å²) in [7, 11) is 0. The van der Waals surface area contributed by atoms with Crippen molar-refractivity contribution in [1.29, 1.82) is 0 Å². The quantitative estimate of drug-likeness (QED) is 0.569. The average Bonchev–Trinajstić information content (AvgIpc) is 2.74. The van der Waals surface area contributed by atoms with Crippen LogP contribution < -0.4 is 9.47 Å². The van der Waals surface area contributed by atoms with Gasteiger partial charge in [0.15, 0.2) is 11.5 Å². The van der Waals surface area contributed by atoms with Gasteiger partial charge in [0.05, 0.1) is 29.4 Å². The molecule has 2 nitrogen and oxygen atoms in total. The molecule has 6 heteroatoms. The second kappa shape index (κ2) is 8.09. The first-order chi connectivity index (χ1) is 10.2. The Bertz CT molecular complexity index is 465. The van der Waals surface area contributed by atoms with Gasteiger partial charge in [-0.25, -0.2) is 0 Å². The van der Waals surface area contributed by atoms with Gasteiger partial charge >= 0.3 is 6.18 Å². The molecule has 0 radical (unpaired) electrons. The maximum atomic E-state index is 12.3. The van der Waals surface area contributed by atoms with Gasteiger partial charge in [-0.2, -0.15) is 13.2 Å². The van der Waals surface area contributed by atoms with Crippen LogP contribution in [0.1, 0.15) is 69.1 Å². The first kappa shape index (κ1) is 19.1. The molecule has 1 aromatic heterocycles. The topological polar surface area (TPSA) is 18.5 Å². The standard InChI is InChI=1S/C16H25F3O2S/c1-6-8-20-12-13(21-9-7-16(17,18)19)15(11(4)5)22-14(12)10(2)3/h10-11H,6-9H2,1-5H3. The number of rotatable bonds is 8. The highest BCUT2D eigenvalue weighted by atomic mass is 32.1.